The van der Waals surface area contributed by atoms with E-state index in [-0.39, 0.29) is 24.5 Å². The van der Waals surface area contributed by atoms with Crippen LogP contribution in [0.3, 0.4) is 0 Å². The number of hydrogen-bond acceptors (Lipinski definition) is 13. The maximum Gasteiger partial charge on any atom is 0.159 e. The molecule has 228 valence electrons. The zero-order valence-electron chi connectivity index (χ0n) is 22.7. The fourth-order valence-corrected chi connectivity index (χ4v) is 6.69. The lowest BCUT2D eigenvalue weighted by molar-refractivity contribution is -0.186. The zero-order valence-corrected chi connectivity index (χ0v) is 23.5. The van der Waals surface area contributed by atoms with Gasteiger partial charge in [-0.25, -0.2) is 18.1 Å². The molecule has 0 unspecified atom stereocenters. The van der Waals surface area contributed by atoms with Crippen molar-refractivity contribution in [1.82, 2.24) is 40.0 Å². The maximum absolute atomic E-state index is 13.8. The van der Waals surface area contributed by atoms with Crippen LogP contribution in [0.5, 0.6) is 0 Å². The van der Waals surface area contributed by atoms with Gasteiger partial charge in [0.1, 0.15) is 52.9 Å². The van der Waals surface area contributed by atoms with Crippen LogP contribution in [0.2, 0.25) is 0 Å². The van der Waals surface area contributed by atoms with Crippen LogP contribution in [0.15, 0.2) is 49.2 Å². The van der Waals surface area contributed by atoms with E-state index in [1.807, 2.05) is 0 Å². The van der Waals surface area contributed by atoms with E-state index in [0.717, 1.165) is 12.1 Å². The number of rotatable bonds is 8. The van der Waals surface area contributed by atoms with Gasteiger partial charge in [0.15, 0.2) is 11.6 Å². The van der Waals surface area contributed by atoms with Crippen molar-refractivity contribution < 1.29 is 38.3 Å². The van der Waals surface area contributed by atoms with Gasteiger partial charge in [-0.1, -0.05) is 10.4 Å². The highest BCUT2D eigenvalue weighted by atomic mass is 32.2. The third-order valence-corrected chi connectivity index (χ3v) is 8.87. The molecule has 17 heteroatoms. The average molecular weight is 619 g/mol. The van der Waals surface area contributed by atoms with Crippen molar-refractivity contribution in [2.75, 3.05) is 26.9 Å². The number of hydrogen-bond donors (Lipinski definition) is 3. The lowest BCUT2D eigenvalue weighted by Gasteiger charge is -2.45. The van der Waals surface area contributed by atoms with Crippen molar-refractivity contribution in [3.63, 3.8) is 0 Å². The summed E-state index contributed by atoms with van der Waals surface area (Å²) in [6, 6.07) is 1.89. The van der Waals surface area contributed by atoms with E-state index in [1.54, 1.807) is 24.8 Å². The number of methoxy groups -OCH3 is 1. The first kappa shape index (κ1) is 29.6. The summed E-state index contributed by atoms with van der Waals surface area (Å²) in [5.74, 6) is -2.03. The van der Waals surface area contributed by atoms with Crippen LogP contribution < -0.4 is 0 Å². The molecule has 5 heterocycles. The molecule has 14 nitrogen and oxygen atoms in total. The number of halogens is 2. The van der Waals surface area contributed by atoms with Crippen LogP contribution in [0, 0.1) is 11.6 Å². The quantitative estimate of drug-likeness (QED) is 0.251. The Kier molecular flexibility index (Phi) is 8.71. The Morgan fingerprint density at radius 2 is 1.79 bits per heavy atom. The molecule has 4 aromatic rings. The Morgan fingerprint density at radius 1 is 1.00 bits per heavy atom. The lowest BCUT2D eigenvalue weighted by Crippen LogP contribution is -2.56. The molecule has 0 aliphatic carbocycles. The highest BCUT2D eigenvalue weighted by Crippen LogP contribution is 2.41. The second kappa shape index (κ2) is 12.7. The average Bonchev–Trinajstić information content (AvgIpc) is 3.71. The molecule has 0 saturated carbocycles. The largest absolute Gasteiger partial charge is 0.394 e. The van der Waals surface area contributed by atoms with Crippen LogP contribution in [-0.2, 0) is 14.2 Å². The van der Waals surface area contributed by atoms with Crippen molar-refractivity contribution >= 4 is 11.8 Å². The van der Waals surface area contributed by atoms with Gasteiger partial charge in [-0.3, -0.25) is 9.97 Å². The van der Waals surface area contributed by atoms with Crippen LogP contribution in [-0.4, -0.2) is 117 Å². The third kappa shape index (κ3) is 5.88. The second-order valence-electron chi connectivity index (χ2n) is 10.1. The highest BCUT2D eigenvalue weighted by Gasteiger charge is 2.49. The van der Waals surface area contributed by atoms with E-state index < -0.39 is 65.4 Å². The minimum absolute atomic E-state index is 0.185. The van der Waals surface area contributed by atoms with E-state index in [4.69, 9.17) is 14.2 Å². The summed E-state index contributed by atoms with van der Waals surface area (Å²) >= 11 is 1.23. The summed E-state index contributed by atoms with van der Waals surface area (Å²) in [6.07, 6.45) is 3.73. The molecule has 0 amide bonds. The molecule has 2 saturated heterocycles. The number of thioether (sulfide) groups is 1. The minimum atomic E-state index is -1.26. The Hall–Kier alpha value is -3.45. The van der Waals surface area contributed by atoms with E-state index in [0.29, 0.717) is 11.4 Å². The summed E-state index contributed by atoms with van der Waals surface area (Å²) < 4.78 is 47.8. The summed E-state index contributed by atoms with van der Waals surface area (Å²) in [7, 11) is 1.44. The molecule has 8 atom stereocenters. The molecule has 0 spiro atoms. The maximum atomic E-state index is 13.8. The molecule has 1 aromatic carbocycles. The number of aromatic nitrogens is 8. The Bertz CT molecular complexity index is 1530. The van der Waals surface area contributed by atoms with Gasteiger partial charge < -0.3 is 29.5 Å². The Labute approximate surface area is 247 Å². The normalized spacial score (nSPS) is 29.5. The SMILES string of the molecule is CO[C@@H]1[C@@H](n2cc(-c3ccc(F)c(F)c3)nn2)[C@@H](O)[C@@H](CO)O[C@H]1S[C@@H]1COC[C@H](n2cc(-c3cnccn3)nn2)[C@H]1O. The molecule has 43 heavy (non-hydrogen) atoms. The van der Waals surface area contributed by atoms with Crippen LogP contribution in [0.4, 0.5) is 8.78 Å². The number of ether oxygens (including phenoxy) is 3. The first-order valence-corrected chi connectivity index (χ1v) is 14.3. The van der Waals surface area contributed by atoms with Crippen molar-refractivity contribution in [3.8, 4) is 22.6 Å². The topological polar surface area (TPSA) is 176 Å². The van der Waals surface area contributed by atoms with Crippen molar-refractivity contribution in [2.45, 2.75) is 47.2 Å². The molecule has 3 aromatic heterocycles. The molecule has 2 fully saturated rings. The van der Waals surface area contributed by atoms with Crippen molar-refractivity contribution in [2.24, 2.45) is 0 Å². The van der Waals surface area contributed by atoms with E-state index in [2.05, 4.69) is 30.6 Å². The van der Waals surface area contributed by atoms with Gasteiger partial charge in [-0.15, -0.1) is 22.0 Å². The fraction of sp³-hybridized carbons (Fsp3) is 0.462. The smallest absolute Gasteiger partial charge is 0.159 e. The number of nitrogens with zero attached hydrogens (tertiary/aromatic N) is 8. The van der Waals surface area contributed by atoms with E-state index >= 15 is 0 Å². The highest BCUT2D eigenvalue weighted by molar-refractivity contribution is 8.00. The van der Waals surface area contributed by atoms with Gasteiger partial charge in [-0.2, -0.15) is 0 Å². The van der Waals surface area contributed by atoms with Crippen LogP contribution in [0.1, 0.15) is 12.1 Å². The molecule has 2 aliphatic rings. The summed E-state index contributed by atoms with van der Waals surface area (Å²) in [5.41, 5.74) is 0.756. The predicted octanol–water partition coefficient (Wildman–Crippen LogP) is 0.640. The van der Waals surface area contributed by atoms with E-state index in [1.165, 1.54) is 40.5 Å². The monoisotopic (exact) mass is 618 g/mol. The van der Waals surface area contributed by atoms with E-state index in [9.17, 15) is 24.1 Å². The molecule has 6 rings (SSSR count). The first-order valence-electron chi connectivity index (χ1n) is 13.3. The van der Waals surface area contributed by atoms with Gasteiger partial charge in [0, 0.05) is 25.1 Å². The molecular formula is C26H28F2N8O6S. The molecule has 2 aliphatic heterocycles. The molecule has 3 N–H and O–H groups in total. The minimum Gasteiger partial charge on any atom is -0.394 e. The fourth-order valence-electron chi connectivity index (χ4n) is 5.20. The number of aliphatic hydroxyl groups excluding tert-OH is 3. The van der Waals surface area contributed by atoms with Gasteiger partial charge in [0.25, 0.3) is 0 Å². The van der Waals surface area contributed by atoms with Gasteiger partial charge in [0.2, 0.25) is 0 Å². The third-order valence-electron chi connectivity index (χ3n) is 7.46. The predicted molar refractivity (Wildman–Crippen MR) is 145 cm³/mol. The van der Waals surface area contributed by atoms with Crippen molar-refractivity contribution in [3.05, 3.63) is 60.8 Å². The van der Waals surface area contributed by atoms with Crippen molar-refractivity contribution in [1.29, 1.82) is 0 Å². The summed E-state index contributed by atoms with van der Waals surface area (Å²) in [5, 5.41) is 48.5. The summed E-state index contributed by atoms with van der Waals surface area (Å²) in [6.45, 7) is -0.135. The lowest BCUT2D eigenvalue weighted by atomic mass is 9.97. The van der Waals surface area contributed by atoms with Gasteiger partial charge >= 0.3 is 0 Å². The standard InChI is InChI=1S/C26H28F2N8O6S/c1-40-25-22(36-8-17(31-34-36)13-2-3-14(27)15(28)6-13)24(39)20(10-37)42-26(25)43-21-12-41-11-19(23(21)38)35-9-18(32-33-35)16-7-29-4-5-30-16/h2-9,19-26,37-39H,10-12H2,1H3/t19-,20+,21+,22-,23+,24-,25+,26-/m0/s1. The zero-order chi connectivity index (χ0) is 30.1. The second-order valence-corrected chi connectivity index (χ2v) is 11.4. The molecule has 0 radical (unpaired) electrons. The van der Waals surface area contributed by atoms with Crippen LogP contribution >= 0.6 is 11.8 Å². The van der Waals surface area contributed by atoms with Gasteiger partial charge in [0.05, 0.1) is 49.8 Å². The summed E-state index contributed by atoms with van der Waals surface area (Å²) in [4.78, 5) is 8.27. The first-order chi connectivity index (χ1) is 20.9. The number of benzene rings is 1. The Morgan fingerprint density at radius 3 is 2.53 bits per heavy atom. The Balaban J connectivity index is 1.22. The van der Waals surface area contributed by atoms with Crippen LogP contribution in [0.25, 0.3) is 22.6 Å². The van der Waals surface area contributed by atoms with Gasteiger partial charge in [-0.05, 0) is 18.2 Å². The molecular weight excluding hydrogens is 590 g/mol. The molecule has 0 bridgehead atoms. The number of aliphatic hydroxyl groups is 3.